The molecule has 178 valence electrons. The number of rotatable bonds is 7. The average molecular weight is 481 g/mol. The highest BCUT2D eigenvalue weighted by Crippen LogP contribution is 2.38. The minimum absolute atomic E-state index is 0.0938. The number of nitrogens with zero attached hydrogens (tertiary/aromatic N) is 1. The Morgan fingerprint density at radius 3 is 2.38 bits per heavy atom. The summed E-state index contributed by atoms with van der Waals surface area (Å²) in [5, 5.41) is 2.17. The fraction of sp³-hybridized carbons (Fsp3) is 0.136. The molecule has 2 aromatic carbocycles. The minimum Gasteiger partial charge on any atom is -0.491 e. The predicted octanol–water partition coefficient (Wildman–Crippen LogP) is 4.92. The van der Waals surface area contributed by atoms with Gasteiger partial charge < -0.3 is 20.5 Å². The van der Waals surface area contributed by atoms with Crippen LogP contribution in [-0.2, 0) is 6.18 Å². The Labute approximate surface area is 189 Å². The van der Waals surface area contributed by atoms with Gasteiger partial charge in [-0.25, -0.2) is 8.78 Å². The van der Waals surface area contributed by atoms with Crippen molar-refractivity contribution in [2.45, 2.75) is 13.1 Å². The van der Waals surface area contributed by atoms with Gasteiger partial charge in [-0.3, -0.25) is 14.6 Å². The van der Waals surface area contributed by atoms with Crippen LogP contribution in [0.5, 0.6) is 17.2 Å². The highest BCUT2D eigenvalue weighted by atomic mass is 19.4. The number of nitrogens with two attached hydrogens (primary N) is 1. The fourth-order valence-corrected chi connectivity index (χ4v) is 2.86. The topological polar surface area (TPSA) is 104 Å². The molecule has 1 aromatic heterocycles. The Kier molecular flexibility index (Phi) is 6.99. The van der Waals surface area contributed by atoms with E-state index in [0.29, 0.717) is 6.07 Å². The van der Waals surface area contributed by atoms with Crippen molar-refractivity contribution in [2.24, 2.45) is 5.73 Å². The summed E-state index contributed by atoms with van der Waals surface area (Å²) in [4.78, 5) is 27.7. The van der Waals surface area contributed by atoms with E-state index in [1.54, 1.807) is 6.92 Å². The van der Waals surface area contributed by atoms with Crippen LogP contribution in [0.3, 0.4) is 0 Å². The smallest absolute Gasteiger partial charge is 0.419 e. The number of carbonyl (C=O) groups is 2. The maximum Gasteiger partial charge on any atom is 0.419 e. The number of amides is 2. The number of ether oxygens (including phenoxy) is 2. The van der Waals surface area contributed by atoms with Crippen molar-refractivity contribution in [1.82, 2.24) is 4.98 Å². The molecule has 7 nitrogen and oxygen atoms in total. The van der Waals surface area contributed by atoms with Crippen molar-refractivity contribution >= 4 is 17.5 Å². The van der Waals surface area contributed by atoms with Gasteiger partial charge >= 0.3 is 6.18 Å². The summed E-state index contributed by atoms with van der Waals surface area (Å²) < 4.78 is 79.2. The van der Waals surface area contributed by atoms with Gasteiger partial charge in [0.25, 0.3) is 11.8 Å². The number of benzene rings is 2. The van der Waals surface area contributed by atoms with Crippen molar-refractivity contribution < 1.29 is 41.0 Å². The van der Waals surface area contributed by atoms with Crippen molar-refractivity contribution in [3.8, 4) is 17.2 Å². The maximum absolute atomic E-state index is 14.9. The summed E-state index contributed by atoms with van der Waals surface area (Å²) in [6.45, 7) is 1.81. The largest absolute Gasteiger partial charge is 0.491 e. The zero-order valence-electron chi connectivity index (χ0n) is 17.4. The zero-order valence-corrected chi connectivity index (χ0v) is 17.4. The molecule has 0 saturated heterocycles. The Balaban J connectivity index is 2.03. The van der Waals surface area contributed by atoms with E-state index in [-0.39, 0.29) is 29.5 Å². The SMILES string of the molecule is CCOc1ccc(Oc2ccc(C(F)(F)F)c(F)c2C(=O)Nc2ccnc(C(N)=O)c2)cc1F. The lowest BCUT2D eigenvalue weighted by Crippen LogP contribution is -2.19. The molecule has 2 amide bonds. The van der Waals surface area contributed by atoms with Gasteiger partial charge in [0, 0.05) is 18.0 Å². The summed E-state index contributed by atoms with van der Waals surface area (Å²) in [6, 6.07) is 6.68. The summed E-state index contributed by atoms with van der Waals surface area (Å²) in [7, 11) is 0. The molecule has 0 aliphatic heterocycles. The van der Waals surface area contributed by atoms with E-state index in [2.05, 4.69) is 10.3 Å². The number of carbonyl (C=O) groups excluding carboxylic acids is 2. The third kappa shape index (κ3) is 5.39. The van der Waals surface area contributed by atoms with Gasteiger partial charge in [-0.15, -0.1) is 0 Å². The Hall–Kier alpha value is -4.22. The minimum atomic E-state index is -5.11. The molecule has 0 unspecified atom stereocenters. The van der Waals surface area contributed by atoms with E-state index in [1.165, 1.54) is 18.2 Å². The molecule has 0 bridgehead atoms. The third-order valence-electron chi connectivity index (χ3n) is 4.34. The van der Waals surface area contributed by atoms with Gasteiger partial charge in [-0.1, -0.05) is 0 Å². The zero-order chi connectivity index (χ0) is 25.0. The number of halogens is 5. The highest BCUT2D eigenvalue weighted by molar-refractivity contribution is 6.07. The fourth-order valence-electron chi connectivity index (χ4n) is 2.86. The lowest BCUT2D eigenvalue weighted by Gasteiger charge is -2.16. The molecule has 0 aliphatic carbocycles. The molecule has 3 aromatic rings. The molecule has 0 aliphatic rings. The molecule has 3 N–H and O–H groups in total. The molecular weight excluding hydrogens is 465 g/mol. The lowest BCUT2D eigenvalue weighted by atomic mass is 10.1. The lowest BCUT2D eigenvalue weighted by molar-refractivity contribution is -0.140. The van der Waals surface area contributed by atoms with Crippen LogP contribution < -0.4 is 20.5 Å². The molecule has 3 rings (SSSR count). The first-order valence-corrected chi connectivity index (χ1v) is 9.58. The van der Waals surface area contributed by atoms with Gasteiger partial charge in [0.2, 0.25) is 0 Å². The number of primary amides is 1. The van der Waals surface area contributed by atoms with Crippen LogP contribution in [-0.4, -0.2) is 23.4 Å². The number of alkyl halides is 3. The first-order valence-electron chi connectivity index (χ1n) is 9.58. The first-order chi connectivity index (χ1) is 16.0. The van der Waals surface area contributed by atoms with Crippen LogP contribution in [0.4, 0.5) is 27.6 Å². The number of nitrogens with one attached hydrogen (secondary N) is 1. The second-order valence-corrected chi connectivity index (χ2v) is 6.67. The molecule has 0 radical (unpaired) electrons. The summed E-state index contributed by atoms with van der Waals surface area (Å²) >= 11 is 0. The number of hydrogen-bond acceptors (Lipinski definition) is 5. The Morgan fingerprint density at radius 2 is 1.76 bits per heavy atom. The first kappa shape index (κ1) is 24.4. The quantitative estimate of drug-likeness (QED) is 0.467. The normalized spacial score (nSPS) is 11.1. The van der Waals surface area contributed by atoms with E-state index in [1.807, 2.05) is 0 Å². The number of anilines is 1. The van der Waals surface area contributed by atoms with E-state index in [4.69, 9.17) is 15.2 Å². The van der Waals surface area contributed by atoms with Crippen LogP contribution in [0, 0.1) is 11.6 Å². The summed E-state index contributed by atoms with van der Waals surface area (Å²) in [6.07, 6.45) is -4.00. The van der Waals surface area contributed by atoms with Crippen molar-refractivity contribution in [1.29, 1.82) is 0 Å². The van der Waals surface area contributed by atoms with E-state index in [0.717, 1.165) is 24.4 Å². The van der Waals surface area contributed by atoms with E-state index >= 15 is 0 Å². The van der Waals surface area contributed by atoms with Gasteiger partial charge in [0.1, 0.15) is 22.8 Å². The van der Waals surface area contributed by atoms with Crippen molar-refractivity contribution in [3.05, 3.63) is 77.1 Å². The molecule has 1 heterocycles. The number of aromatic nitrogens is 1. The summed E-state index contributed by atoms with van der Waals surface area (Å²) in [5.74, 6) is -5.94. The van der Waals surface area contributed by atoms with Gasteiger partial charge in [-0.2, -0.15) is 13.2 Å². The number of pyridine rings is 1. The molecule has 0 saturated carbocycles. The van der Waals surface area contributed by atoms with Gasteiger partial charge in [-0.05, 0) is 43.3 Å². The average Bonchev–Trinajstić information content (AvgIpc) is 2.75. The second kappa shape index (κ2) is 9.73. The Morgan fingerprint density at radius 1 is 1.06 bits per heavy atom. The Bertz CT molecular complexity index is 1250. The molecule has 12 heteroatoms. The van der Waals surface area contributed by atoms with Crippen LogP contribution in [0.25, 0.3) is 0 Å². The van der Waals surface area contributed by atoms with Gasteiger partial charge in [0.15, 0.2) is 17.4 Å². The van der Waals surface area contributed by atoms with Crippen LogP contribution in [0.1, 0.15) is 33.3 Å². The summed E-state index contributed by atoms with van der Waals surface area (Å²) in [5.41, 5.74) is 1.96. The highest BCUT2D eigenvalue weighted by Gasteiger charge is 2.37. The third-order valence-corrected chi connectivity index (χ3v) is 4.34. The van der Waals surface area contributed by atoms with Crippen LogP contribution in [0.15, 0.2) is 48.7 Å². The van der Waals surface area contributed by atoms with Crippen molar-refractivity contribution in [2.75, 3.05) is 11.9 Å². The molecule has 0 atom stereocenters. The molecule has 0 fully saturated rings. The van der Waals surface area contributed by atoms with Crippen LogP contribution >= 0.6 is 0 Å². The van der Waals surface area contributed by atoms with E-state index < -0.39 is 46.5 Å². The number of hydrogen-bond donors (Lipinski definition) is 2. The van der Waals surface area contributed by atoms with Gasteiger partial charge in [0.05, 0.1) is 12.2 Å². The molecular formula is C22H16F5N3O4. The predicted molar refractivity (Wildman–Crippen MR) is 110 cm³/mol. The standard InChI is InChI=1S/C22H16F5N3O4/c1-2-33-16-5-3-12(10-14(16)23)34-17-6-4-13(22(25,26)27)19(24)18(17)21(32)30-11-7-8-29-15(9-11)20(28)31/h3-10H,2H2,1H3,(H2,28,31)(H,29,30,32). The van der Waals surface area contributed by atoms with Crippen LogP contribution in [0.2, 0.25) is 0 Å². The van der Waals surface area contributed by atoms with E-state index in [9.17, 15) is 31.5 Å². The second-order valence-electron chi connectivity index (χ2n) is 6.67. The monoisotopic (exact) mass is 481 g/mol. The molecule has 0 spiro atoms. The van der Waals surface area contributed by atoms with Crippen molar-refractivity contribution in [3.63, 3.8) is 0 Å². The maximum atomic E-state index is 14.9. The molecule has 34 heavy (non-hydrogen) atoms.